The second-order valence-corrected chi connectivity index (χ2v) is 5.82. The summed E-state index contributed by atoms with van der Waals surface area (Å²) in [7, 11) is 0. The molecule has 0 bridgehead atoms. The van der Waals surface area contributed by atoms with E-state index in [0.29, 0.717) is 13.1 Å². The van der Waals surface area contributed by atoms with Crippen LogP contribution in [0.5, 0.6) is 0 Å². The molecule has 2 unspecified atom stereocenters. The third-order valence-corrected chi connectivity index (χ3v) is 4.16. The van der Waals surface area contributed by atoms with Crippen LogP contribution in [0.15, 0.2) is 18.2 Å². The molecule has 2 rings (SSSR count). The Morgan fingerprint density at radius 1 is 1.55 bits per heavy atom. The van der Waals surface area contributed by atoms with Gasteiger partial charge in [-0.2, -0.15) is 0 Å². The van der Waals surface area contributed by atoms with E-state index in [0.717, 1.165) is 12.5 Å². The van der Waals surface area contributed by atoms with Crippen molar-refractivity contribution in [2.45, 2.75) is 19.4 Å². The lowest BCUT2D eigenvalue weighted by Gasteiger charge is -2.18. The highest BCUT2D eigenvalue weighted by Gasteiger charge is 2.29. The summed E-state index contributed by atoms with van der Waals surface area (Å²) >= 11 is 5.80. The number of aliphatic hydroxyl groups is 1. The van der Waals surface area contributed by atoms with Crippen molar-refractivity contribution in [3.8, 4) is 0 Å². The molecule has 7 heteroatoms. The van der Waals surface area contributed by atoms with Crippen LogP contribution >= 0.6 is 11.6 Å². The maximum atomic E-state index is 13.6. The summed E-state index contributed by atoms with van der Waals surface area (Å²) in [5.41, 5.74) is -0.264. The number of amides is 2. The average Bonchev–Trinajstić information content (AvgIpc) is 2.94. The van der Waals surface area contributed by atoms with Gasteiger partial charge < -0.3 is 15.3 Å². The van der Waals surface area contributed by atoms with E-state index in [4.69, 9.17) is 11.6 Å². The lowest BCUT2D eigenvalue weighted by molar-refractivity contribution is -0.129. The van der Waals surface area contributed by atoms with Gasteiger partial charge in [0.15, 0.2) is 0 Å². The van der Waals surface area contributed by atoms with Crippen molar-refractivity contribution in [3.05, 3.63) is 34.6 Å². The van der Waals surface area contributed by atoms with Crippen molar-refractivity contribution in [2.24, 2.45) is 5.92 Å². The van der Waals surface area contributed by atoms with Gasteiger partial charge in [-0.05, 0) is 25.5 Å². The number of likely N-dealkylation sites (tertiary alicyclic amines) is 1. The molecule has 1 saturated heterocycles. The van der Waals surface area contributed by atoms with Crippen molar-refractivity contribution >= 4 is 23.4 Å². The highest BCUT2D eigenvalue weighted by molar-refractivity contribution is 6.33. The van der Waals surface area contributed by atoms with Crippen LogP contribution in [-0.4, -0.2) is 47.6 Å². The predicted molar refractivity (Wildman–Crippen MR) is 80.1 cm³/mol. The Morgan fingerprint density at radius 2 is 2.27 bits per heavy atom. The second kappa shape index (κ2) is 7.07. The maximum Gasteiger partial charge on any atom is 0.256 e. The van der Waals surface area contributed by atoms with Crippen LogP contribution in [0.4, 0.5) is 4.39 Å². The standard InChI is InChI=1S/C15H18ClFN2O3/c1-9(20)10-5-6-19(8-10)13(21)7-18-15(22)14-11(16)3-2-4-12(14)17/h2-4,9-10,20H,5-8H2,1H3,(H,18,22). The SMILES string of the molecule is CC(O)C1CCN(C(=O)CNC(=O)c2c(F)cccc2Cl)C1. The van der Waals surface area contributed by atoms with E-state index < -0.39 is 17.8 Å². The number of nitrogens with zero attached hydrogens (tertiary/aromatic N) is 1. The number of carbonyl (C=O) groups is 2. The van der Waals surface area contributed by atoms with Crippen LogP contribution in [-0.2, 0) is 4.79 Å². The van der Waals surface area contributed by atoms with E-state index in [2.05, 4.69) is 5.32 Å². The average molecular weight is 329 g/mol. The number of benzene rings is 1. The van der Waals surface area contributed by atoms with Gasteiger partial charge in [0.25, 0.3) is 5.91 Å². The minimum atomic E-state index is -0.729. The van der Waals surface area contributed by atoms with E-state index in [-0.39, 0.29) is 29.0 Å². The molecular weight excluding hydrogens is 311 g/mol. The van der Waals surface area contributed by atoms with Gasteiger partial charge >= 0.3 is 0 Å². The fourth-order valence-electron chi connectivity index (χ4n) is 2.48. The Kier molecular flexibility index (Phi) is 5.37. The normalized spacial score (nSPS) is 19.1. The Bertz CT molecular complexity index is 560. The molecule has 2 atom stereocenters. The van der Waals surface area contributed by atoms with Crippen LogP contribution in [0.2, 0.25) is 5.02 Å². The zero-order valence-electron chi connectivity index (χ0n) is 12.2. The van der Waals surface area contributed by atoms with Gasteiger partial charge in [0.1, 0.15) is 5.82 Å². The summed E-state index contributed by atoms with van der Waals surface area (Å²) in [6.45, 7) is 2.48. The van der Waals surface area contributed by atoms with Gasteiger partial charge in [0.2, 0.25) is 5.91 Å². The highest BCUT2D eigenvalue weighted by Crippen LogP contribution is 2.20. The Labute approximate surface area is 133 Å². The molecule has 5 nitrogen and oxygen atoms in total. The highest BCUT2D eigenvalue weighted by atomic mass is 35.5. The number of nitrogens with one attached hydrogen (secondary N) is 1. The van der Waals surface area contributed by atoms with E-state index in [1.54, 1.807) is 11.8 Å². The van der Waals surface area contributed by atoms with Gasteiger partial charge in [0.05, 0.1) is 23.2 Å². The first-order chi connectivity index (χ1) is 10.4. The van der Waals surface area contributed by atoms with E-state index >= 15 is 0 Å². The molecule has 1 aromatic carbocycles. The number of aliphatic hydroxyl groups excluding tert-OH is 1. The number of halogens is 2. The summed E-state index contributed by atoms with van der Waals surface area (Å²) in [4.78, 5) is 25.5. The van der Waals surface area contributed by atoms with Crippen molar-refractivity contribution < 1.29 is 19.1 Å². The Hall–Kier alpha value is -1.66. The molecule has 120 valence electrons. The largest absolute Gasteiger partial charge is 0.393 e. The molecule has 22 heavy (non-hydrogen) atoms. The second-order valence-electron chi connectivity index (χ2n) is 5.41. The number of hydrogen-bond donors (Lipinski definition) is 2. The molecule has 1 fully saturated rings. The summed E-state index contributed by atoms with van der Waals surface area (Å²) in [5.74, 6) is -1.65. The van der Waals surface area contributed by atoms with Gasteiger partial charge in [-0.3, -0.25) is 9.59 Å². The van der Waals surface area contributed by atoms with Gasteiger partial charge in [-0.1, -0.05) is 17.7 Å². The predicted octanol–water partition coefficient (Wildman–Crippen LogP) is 1.44. The lowest BCUT2D eigenvalue weighted by Crippen LogP contribution is -2.39. The third-order valence-electron chi connectivity index (χ3n) is 3.85. The first-order valence-electron chi connectivity index (χ1n) is 7.08. The van der Waals surface area contributed by atoms with Crippen LogP contribution in [0.25, 0.3) is 0 Å². The van der Waals surface area contributed by atoms with Gasteiger partial charge in [-0.15, -0.1) is 0 Å². The molecule has 1 heterocycles. The van der Waals surface area contributed by atoms with Crippen LogP contribution in [0.3, 0.4) is 0 Å². The number of rotatable bonds is 4. The zero-order chi connectivity index (χ0) is 16.3. The molecule has 0 aliphatic carbocycles. The third kappa shape index (κ3) is 3.75. The minimum absolute atomic E-state index is 0.000269. The molecule has 1 aromatic rings. The smallest absolute Gasteiger partial charge is 0.256 e. The maximum absolute atomic E-state index is 13.6. The molecule has 0 saturated carbocycles. The van der Waals surface area contributed by atoms with Crippen molar-refractivity contribution in [1.82, 2.24) is 10.2 Å². The molecule has 0 spiro atoms. The number of hydrogen-bond acceptors (Lipinski definition) is 3. The van der Waals surface area contributed by atoms with Crippen molar-refractivity contribution in [2.75, 3.05) is 19.6 Å². The first-order valence-corrected chi connectivity index (χ1v) is 7.46. The summed E-state index contributed by atoms with van der Waals surface area (Å²) in [5, 5.41) is 11.9. The molecule has 1 aliphatic heterocycles. The molecule has 0 radical (unpaired) electrons. The van der Waals surface area contributed by atoms with E-state index in [1.807, 2.05) is 0 Å². The fourth-order valence-corrected chi connectivity index (χ4v) is 2.73. The molecule has 2 amide bonds. The van der Waals surface area contributed by atoms with Crippen LogP contribution < -0.4 is 5.32 Å². The van der Waals surface area contributed by atoms with Crippen molar-refractivity contribution in [3.63, 3.8) is 0 Å². The minimum Gasteiger partial charge on any atom is -0.393 e. The van der Waals surface area contributed by atoms with Crippen LogP contribution in [0.1, 0.15) is 23.7 Å². The topological polar surface area (TPSA) is 69.6 Å². The summed E-state index contributed by atoms with van der Waals surface area (Å²) in [6, 6.07) is 3.95. The van der Waals surface area contributed by atoms with Gasteiger partial charge in [-0.25, -0.2) is 4.39 Å². The lowest BCUT2D eigenvalue weighted by atomic mass is 10.0. The quantitative estimate of drug-likeness (QED) is 0.878. The molecule has 0 aromatic heterocycles. The summed E-state index contributed by atoms with van der Waals surface area (Å²) < 4.78 is 13.6. The fraction of sp³-hybridized carbons (Fsp3) is 0.467. The summed E-state index contributed by atoms with van der Waals surface area (Å²) in [6.07, 6.45) is 0.265. The Morgan fingerprint density at radius 3 is 2.86 bits per heavy atom. The molecule has 1 aliphatic rings. The van der Waals surface area contributed by atoms with Crippen molar-refractivity contribution in [1.29, 1.82) is 0 Å². The first kappa shape index (κ1) is 16.7. The van der Waals surface area contributed by atoms with E-state index in [1.165, 1.54) is 12.1 Å². The van der Waals surface area contributed by atoms with E-state index in [9.17, 15) is 19.1 Å². The Balaban J connectivity index is 1.90. The zero-order valence-corrected chi connectivity index (χ0v) is 12.9. The monoisotopic (exact) mass is 328 g/mol. The number of carbonyl (C=O) groups excluding carboxylic acids is 2. The molecular formula is C15H18ClFN2O3. The molecule has 2 N–H and O–H groups in total. The van der Waals surface area contributed by atoms with Crippen LogP contribution in [0, 0.1) is 11.7 Å². The van der Waals surface area contributed by atoms with Gasteiger partial charge in [0, 0.05) is 19.0 Å².